The van der Waals surface area contributed by atoms with Crippen molar-refractivity contribution < 1.29 is 5.11 Å². The van der Waals surface area contributed by atoms with Gasteiger partial charge >= 0.3 is 0 Å². The summed E-state index contributed by atoms with van der Waals surface area (Å²) < 4.78 is 0. The van der Waals surface area contributed by atoms with E-state index in [9.17, 15) is 5.11 Å². The first-order valence-electron chi connectivity index (χ1n) is 6.34. The Hall–Kier alpha value is -0.0800. The van der Waals surface area contributed by atoms with E-state index in [0.717, 1.165) is 18.9 Å². The van der Waals surface area contributed by atoms with Gasteiger partial charge in [-0.2, -0.15) is 0 Å². The van der Waals surface area contributed by atoms with Crippen molar-refractivity contribution in [3.05, 3.63) is 0 Å². The minimum absolute atomic E-state index is 0.0316. The summed E-state index contributed by atoms with van der Waals surface area (Å²) in [5.74, 6) is 0.900. The average Bonchev–Trinajstić information content (AvgIpc) is 2.60. The Kier molecular flexibility index (Phi) is 4.60. The molecule has 0 radical (unpaired) electrons. The Morgan fingerprint density at radius 3 is 2.53 bits per heavy atom. The van der Waals surface area contributed by atoms with Gasteiger partial charge in [0.25, 0.3) is 0 Å². The molecule has 1 aliphatic rings. The summed E-state index contributed by atoms with van der Waals surface area (Å²) in [6.07, 6.45) is 3.40. The van der Waals surface area contributed by atoms with Crippen LogP contribution in [0, 0.1) is 11.3 Å². The van der Waals surface area contributed by atoms with Crippen molar-refractivity contribution in [2.45, 2.75) is 53.1 Å². The third kappa shape index (κ3) is 4.12. The summed E-state index contributed by atoms with van der Waals surface area (Å²) in [7, 11) is 0. The molecule has 1 aliphatic heterocycles. The van der Waals surface area contributed by atoms with Crippen molar-refractivity contribution in [2.24, 2.45) is 11.3 Å². The van der Waals surface area contributed by atoms with E-state index in [4.69, 9.17) is 0 Å². The maximum atomic E-state index is 9.94. The Labute approximate surface area is 94.7 Å². The van der Waals surface area contributed by atoms with E-state index >= 15 is 0 Å². The first-order chi connectivity index (χ1) is 6.93. The summed E-state index contributed by atoms with van der Waals surface area (Å²) in [6.45, 7) is 12.1. The highest BCUT2D eigenvalue weighted by atomic mass is 16.3. The molecular weight excluding hydrogens is 186 g/mol. The number of aliphatic hydroxyl groups is 1. The topological polar surface area (TPSA) is 23.5 Å². The van der Waals surface area contributed by atoms with Crippen molar-refractivity contribution in [1.82, 2.24) is 4.90 Å². The zero-order valence-electron chi connectivity index (χ0n) is 10.8. The van der Waals surface area contributed by atoms with Gasteiger partial charge in [0, 0.05) is 13.1 Å². The second kappa shape index (κ2) is 5.31. The lowest BCUT2D eigenvalue weighted by atomic mass is 9.87. The molecule has 0 spiro atoms. The molecule has 1 fully saturated rings. The molecule has 2 heteroatoms. The Morgan fingerprint density at radius 1 is 1.40 bits per heavy atom. The highest BCUT2D eigenvalue weighted by Gasteiger charge is 2.25. The zero-order valence-corrected chi connectivity index (χ0v) is 10.8. The summed E-state index contributed by atoms with van der Waals surface area (Å²) >= 11 is 0. The minimum Gasteiger partial charge on any atom is -0.393 e. The number of likely N-dealkylation sites (tertiary alicyclic amines) is 1. The lowest BCUT2D eigenvalue weighted by molar-refractivity contribution is 0.0474. The van der Waals surface area contributed by atoms with Crippen LogP contribution in [0.5, 0.6) is 0 Å². The molecule has 15 heavy (non-hydrogen) atoms. The van der Waals surface area contributed by atoms with Gasteiger partial charge in [-0.1, -0.05) is 34.1 Å². The van der Waals surface area contributed by atoms with E-state index in [1.165, 1.54) is 25.9 Å². The molecule has 0 bridgehead atoms. The van der Waals surface area contributed by atoms with Gasteiger partial charge in [-0.15, -0.1) is 0 Å². The molecule has 0 aromatic carbocycles. The van der Waals surface area contributed by atoms with Crippen LogP contribution >= 0.6 is 0 Å². The van der Waals surface area contributed by atoms with E-state index in [1.54, 1.807) is 0 Å². The molecule has 1 saturated heterocycles. The van der Waals surface area contributed by atoms with Crippen molar-refractivity contribution in [1.29, 1.82) is 0 Å². The number of nitrogens with zero attached hydrogens (tertiary/aromatic N) is 1. The molecule has 1 N–H and O–H groups in total. The molecule has 0 amide bonds. The molecule has 0 aromatic rings. The summed E-state index contributed by atoms with van der Waals surface area (Å²) in [6, 6.07) is 0. The number of hydrogen-bond donors (Lipinski definition) is 1. The fourth-order valence-corrected chi connectivity index (χ4v) is 2.19. The third-order valence-corrected chi connectivity index (χ3v) is 3.67. The SMILES string of the molecule is CCC1CCN(CCC(O)C(C)(C)C)C1. The lowest BCUT2D eigenvalue weighted by Gasteiger charge is -2.27. The van der Waals surface area contributed by atoms with Gasteiger partial charge in [0.2, 0.25) is 0 Å². The predicted molar refractivity (Wildman–Crippen MR) is 64.9 cm³/mol. The van der Waals surface area contributed by atoms with Crippen LogP contribution in [0.4, 0.5) is 0 Å². The van der Waals surface area contributed by atoms with Crippen molar-refractivity contribution in [3.8, 4) is 0 Å². The van der Waals surface area contributed by atoms with Gasteiger partial charge in [-0.05, 0) is 30.7 Å². The lowest BCUT2D eigenvalue weighted by Crippen LogP contribution is -2.31. The standard InChI is InChI=1S/C13H27NO/c1-5-11-6-8-14(10-11)9-7-12(15)13(2,3)4/h11-12,15H,5-10H2,1-4H3. The molecular formula is C13H27NO. The van der Waals surface area contributed by atoms with E-state index in [-0.39, 0.29) is 11.5 Å². The van der Waals surface area contributed by atoms with Crippen LogP contribution in [-0.2, 0) is 0 Å². The fourth-order valence-electron chi connectivity index (χ4n) is 2.19. The van der Waals surface area contributed by atoms with Crippen LogP contribution in [0.1, 0.15) is 47.0 Å². The fraction of sp³-hybridized carbons (Fsp3) is 1.00. The van der Waals surface area contributed by atoms with Gasteiger partial charge < -0.3 is 10.0 Å². The van der Waals surface area contributed by atoms with Crippen LogP contribution in [0.3, 0.4) is 0 Å². The predicted octanol–water partition coefficient (Wildman–Crippen LogP) is 2.52. The van der Waals surface area contributed by atoms with E-state index in [1.807, 2.05) is 0 Å². The Morgan fingerprint density at radius 2 is 2.07 bits per heavy atom. The first-order valence-corrected chi connectivity index (χ1v) is 6.34. The molecule has 2 atom stereocenters. The van der Waals surface area contributed by atoms with E-state index < -0.39 is 0 Å². The summed E-state index contributed by atoms with van der Waals surface area (Å²) in [5, 5.41) is 9.94. The minimum atomic E-state index is -0.168. The van der Waals surface area contributed by atoms with Crippen LogP contribution < -0.4 is 0 Å². The summed E-state index contributed by atoms with van der Waals surface area (Å²) in [4.78, 5) is 2.50. The second-order valence-corrected chi connectivity index (χ2v) is 6.03. The van der Waals surface area contributed by atoms with Crippen LogP contribution in [0.2, 0.25) is 0 Å². The maximum absolute atomic E-state index is 9.94. The largest absolute Gasteiger partial charge is 0.393 e. The van der Waals surface area contributed by atoms with Gasteiger partial charge in [0.1, 0.15) is 0 Å². The van der Waals surface area contributed by atoms with Gasteiger partial charge in [-0.25, -0.2) is 0 Å². The molecule has 0 saturated carbocycles. The smallest absolute Gasteiger partial charge is 0.0600 e. The maximum Gasteiger partial charge on any atom is 0.0600 e. The molecule has 90 valence electrons. The molecule has 1 heterocycles. The van der Waals surface area contributed by atoms with Crippen LogP contribution in [0.25, 0.3) is 0 Å². The van der Waals surface area contributed by atoms with Crippen LogP contribution in [-0.4, -0.2) is 35.7 Å². The number of aliphatic hydroxyl groups excluding tert-OH is 1. The van der Waals surface area contributed by atoms with Crippen molar-refractivity contribution in [3.63, 3.8) is 0 Å². The zero-order chi connectivity index (χ0) is 11.5. The quantitative estimate of drug-likeness (QED) is 0.775. The molecule has 2 nitrogen and oxygen atoms in total. The van der Waals surface area contributed by atoms with E-state index in [0.29, 0.717) is 0 Å². The number of rotatable bonds is 4. The van der Waals surface area contributed by atoms with Gasteiger partial charge in [-0.3, -0.25) is 0 Å². The van der Waals surface area contributed by atoms with Crippen molar-refractivity contribution >= 4 is 0 Å². The molecule has 0 aliphatic carbocycles. The monoisotopic (exact) mass is 213 g/mol. The van der Waals surface area contributed by atoms with Crippen molar-refractivity contribution in [2.75, 3.05) is 19.6 Å². The van der Waals surface area contributed by atoms with E-state index in [2.05, 4.69) is 32.6 Å². The number of hydrogen-bond acceptors (Lipinski definition) is 2. The normalized spacial score (nSPS) is 25.8. The summed E-state index contributed by atoms with van der Waals surface area (Å²) in [5.41, 5.74) is 0.0316. The first kappa shape index (κ1) is 13.0. The molecule has 0 aromatic heterocycles. The molecule has 2 unspecified atom stereocenters. The second-order valence-electron chi connectivity index (χ2n) is 6.03. The third-order valence-electron chi connectivity index (χ3n) is 3.67. The van der Waals surface area contributed by atoms with Gasteiger partial charge in [0.15, 0.2) is 0 Å². The van der Waals surface area contributed by atoms with Crippen LogP contribution in [0.15, 0.2) is 0 Å². The Bertz CT molecular complexity index is 185. The Balaban J connectivity index is 2.21. The highest BCUT2D eigenvalue weighted by Crippen LogP contribution is 2.24. The highest BCUT2D eigenvalue weighted by molar-refractivity contribution is 4.78. The average molecular weight is 213 g/mol. The molecule has 1 rings (SSSR count). The van der Waals surface area contributed by atoms with Gasteiger partial charge in [0.05, 0.1) is 6.10 Å².